The lowest BCUT2D eigenvalue weighted by molar-refractivity contribution is -0.141. The van der Waals surface area contributed by atoms with E-state index in [9.17, 15) is 9.90 Å². The molecule has 5 rings (SSSR count). The SMILES string of the molecule is Cl.O=C(O)[C@@H]1C[C@H]2C[C@@H](Oc3cc(-c4ccc(Cl)cc4)ccc3-c3nn[nH]n3)CC[C@H]2CN1. The number of fused-ring (bicyclic) bond motifs is 1. The molecule has 10 heteroatoms. The number of tetrazole rings is 1. The maximum absolute atomic E-state index is 11.4. The number of piperidine rings is 1. The topological polar surface area (TPSA) is 113 Å². The summed E-state index contributed by atoms with van der Waals surface area (Å²) in [5.74, 6) is 1.24. The van der Waals surface area contributed by atoms with Gasteiger partial charge in [0.2, 0.25) is 5.82 Å². The van der Waals surface area contributed by atoms with Gasteiger partial charge in [0.1, 0.15) is 11.8 Å². The highest BCUT2D eigenvalue weighted by molar-refractivity contribution is 6.30. The number of hydrogen-bond acceptors (Lipinski definition) is 6. The molecule has 0 radical (unpaired) electrons. The van der Waals surface area contributed by atoms with Gasteiger partial charge in [-0.25, -0.2) is 0 Å². The summed E-state index contributed by atoms with van der Waals surface area (Å²) in [6.07, 6.45) is 3.44. The van der Waals surface area contributed by atoms with Crippen LogP contribution in [-0.4, -0.2) is 50.4 Å². The zero-order chi connectivity index (χ0) is 22.1. The van der Waals surface area contributed by atoms with Gasteiger partial charge in [0.15, 0.2) is 0 Å². The molecule has 1 saturated carbocycles. The van der Waals surface area contributed by atoms with E-state index >= 15 is 0 Å². The molecule has 0 amide bonds. The van der Waals surface area contributed by atoms with E-state index in [0.717, 1.165) is 42.5 Å². The summed E-state index contributed by atoms with van der Waals surface area (Å²) in [6, 6.07) is 13.2. The van der Waals surface area contributed by atoms with Gasteiger partial charge in [-0.1, -0.05) is 29.8 Å². The summed E-state index contributed by atoms with van der Waals surface area (Å²) in [7, 11) is 0. The summed E-state index contributed by atoms with van der Waals surface area (Å²) in [5, 5.41) is 27.7. The van der Waals surface area contributed by atoms with Crippen molar-refractivity contribution < 1.29 is 14.6 Å². The van der Waals surface area contributed by atoms with Crippen LogP contribution in [0.1, 0.15) is 25.7 Å². The molecular formula is C23H25Cl2N5O3. The highest BCUT2D eigenvalue weighted by Crippen LogP contribution is 2.40. The molecule has 4 atom stereocenters. The summed E-state index contributed by atoms with van der Waals surface area (Å²) in [4.78, 5) is 11.4. The number of nitrogens with zero attached hydrogens (tertiary/aromatic N) is 3. The zero-order valence-corrected chi connectivity index (χ0v) is 19.4. The van der Waals surface area contributed by atoms with Gasteiger partial charge >= 0.3 is 5.97 Å². The second-order valence-corrected chi connectivity index (χ2v) is 9.00. The van der Waals surface area contributed by atoms with Crippen LogP contribution in [0.2, 0.25) is 5.02 Å². The van der Waals surface area contributed by atoms with E-state index in [-0.39, 0.29) is 18.5 Å². The number of carboxylic acids is 1. The van der Waals surface area contributed by atoms with E-state index in [0.29, 0.717) is 34.9 Å². The van der Waals surface area contributed by atoms with Gasteiger partial charge in [-0.2, -0.15) is 5.21 Å². The smallest absolute Gasteiger partial charge is 0.320 e. The Balaban J connectivity index is 0.00000259. The third-order valence-electron chi connectivity index (χ3n) is 6.59. The molecule has 1 aliphatic carbocycles. The number of nitrogens with one attached hydrogen (secondary N) is 2. The number of aromatic amines is 1. The predicted molar refractivity (Wildman–Crippen MR) is 127 cm³/mol. The molecule has 2 heterocycles. The Bertz CT molecular complexity index is 1090. The number of aliphatic carboxylic acids is 1. The predicted octanol–water partition coefficient (Wildman–Crippen LogP) is 4.22. The van der Waals surface area contributed by atoms with Crippen LogP contribution in [0.4, 0.5) is 0 Å². The fourth-order valence-electron chi connectivity index (χ4n) is 4.90. The number of carbonyl (C=O) groups is 1. The Morgan fingerprint density at radius 1 is 1.06 bits per heavy atom. The lowest BCUT2D eigenvalue weighted by Crippen LogP contribution is -2.50. The number of aromatic nitrogens is 4. The van der Waals surface area contributed by atoms with E-state index in [1.54, 1.807) is 0 Å². The van der Waals surface area contributed by atoms with Crippen molar-refractivity contribution in [2.75, 3.05) is 6.54 Å². The Morgan fingerprint density at radius 2 is 1.85 bits per heavy atom. The molecule has 2 fully saturated rings. The normalized spacial score (nSPS) is 24.4. The average Bonchev–Trinajstić information content (AvgIpc) is 3.34. The maximum Gasteiger partial charge on any atom is 0.320 e. The largest absolute Gasteiger partial charge is 0.490 e. The first-order valence-corrected chi connectivity index (χ1v) is 11.2. The standard InChI is InChI=1S/C23H24ClN5O3.ClH/c24-17-5-1-13(2-6-17)14-4-8-19(22-26-28-29-27-22)21(11-14)32-18-7-3-15-12-25-20(23(30)31)10-16(15)9-18;/h1-2,4-6,8,11,15-16,18,20,25H,3,7,9-10,12H2,(H,30,31)(H,26,27,28,29);1H/t15-,16+,18-,20-;/m0./s1. The van der Waals surface area contributed by atoms with Crippen molar-refractivity contribution in [3.05, 3.63) is 47.5 Å². The van der Waals surface area contributed by atoms with Crippen molar-refractivity contribution in [2.24, 2.45) is 11.8 Å². The van der Waals surface area contributed by atoms with Crippen molar-refractivity contribution >= 4 is 30.0 Å². The minimum absolute atomic E-state index is 0. The van der Waals surface area contributed by atoms with Gasteiger partial charge in [-0.15, -0.1) is 22.6 Å². The van der Waals surface area contributed by atoms with Crippen LogP contribution in [0, 0.1) is 11.8 Å². The summed E-state index contributed by atoms with van der Waals surface area (Å²) < 4.78 is 6.53. The Kier molecular flexibility index (Phi) is 7.17. The number of hydrogen-bond donors (Lipinski definition) is 3. The minimum Gasteiger partial charge on any atom is -0.490 e. The molecular weight excluding hydrogens is 465 g/mol. The molecule has 1 aliphatic heterocycles. The van der Waals surface area contributed by atoms with Gasteiger partial charge in [-0.3, -0.25) is 4.79 Å². The molecule has 1 saturated heterocycles. The first kappa shape index (κ1) is 23.5. The quantitative estimate of drug-likeness (QED) is 0.491. The lowest BCUT2D eigenvalue weighted by atomic mass is 9.72. The van der Waals surface area contributed by atoms with E-state index in [2.05, 4.69) is 25.9 Å². The molecule has 3 N–H and O–H groups in total. The molecule has 0 spiro atoms. The summed E-state index contributed by atoms with van der Waals surface area (Å²) in [6.45, 7) is 0.758. The number of ether oxygens (including phenoxy) is 1. The number of rotatable bonds is 5. The molecule has 3 aromatic rings. The summed E-state index contributed by atoms with van der Waals surface area (Å²) >= 11 is 6.04. The first-order valence-electron chi connectivity index (χ1n) is 10.8. The lowest BCUT2D eigenvalue weighted by Gasteiger charge is -2.41. The molecule has 0 unspecified atom stereocenters. The summed E-state index contributed by atoms with van der Waals surface area (Å²) in [5.41, 5.74) is 2.81. The number of halogens is 2. The second-order valence-electron chi connectivity index (χ2n) is 8.56. The minimum atomic E-state index is -0.776. The maximum atomic E-state index is 11.4. The fraction of sp³-hybridized carbons (Fsp3) is 0.391. The molecule has 0 bridgehead atoms. The Morgan fingerprint density at radius 3 is 2.58 bits per heavy atom. The van der Waals surface area contributed by atoms with Crippen LogP contribution in [-0.2, 0) is 4.79 Å². The van der Waals surface area contributed by atoms with Crippen LogP contribution in [0.5, 0.6) is 5.75 Å². The van der Waals surface area contributed by atoms with Gasteiger partial charge in [-0.05, 0) is 84.7 Å². The number of H-pyrrole nitrogens is 1. The highest BCUT2D eigenvalue weighted by Gasteiger charge is 2.38. The van der Waals surface area contributed by atoms with Crippen LogP contribution in [0.3, 0.4) is 0 Å². The van der Waals surface area contributed by atoms with E-state index in [1.807, 2.05) is 42.5 Å². The first-order chi connectivity index (χ1) is 15.6. The van der Waals surface area contributed by atoms with Gasteiger partial charge in [0.05, 0.1) is 11.7 Å². The van der Waals surface area contributed by atoms with Crippen LogP contribution in [0.15, 0.2) is 42.5 Å². The second kappa shape index (κ2) is 10.1. The Labute approximate surface area is 202 Å². The fourth-order valence-corrected chi connectivity index (χ4v) is 5.02. The molecule has 8 nitrogen and oxygen atoms in total. The van der Waals surface area contributed by atoms with Crippen LogP contribution in [0.25, 0.3) is 22.5 Å². The van der Waals surface area contributed by atoms with Gasteiger partial charge in [0, 0.05) is 5.02 Å². The van der Waals surface area contributed by atoms with E-state index in [4.69, 9.17) is 16.3 Å². The molecule has 33 heavy (non-hydrogen) atoms. The molecule has 1 aromatic heterocycles. The van der Waals surface area contributed by atoms with E-state index in [1.165, 1.54) is 0 Å². The zero-order valence-electron chi connectivity index (χ0n) is 17.8. The van der Waals surface area contributed by atoms with E-state index < -0.39 is 12.0 Å². The third kappa shape index (κ3) is 5.13. The van der Waals surface area contributed by atoms with Gasteiger partial charge in [0.25, 0.3) is 0 Å². The van der Waals surface area contributed by atoms with Crippen molar-refractivity contribution in [1.29, 1.82) is 0 Å². The van der Waals surface area contributed by atoms with Crippen molar-refractivity contribution in [1.82, 2.24) is 25.9 Å². The van der Waals surface area contributed by atoms with Gasteiger partial charge < -0.3 is 15.2 Å². The van der Waals surface area contributed by atoms with Crippen LogP contribution < -0.4 is 10.1 Å². The molecule has 174 valence electrons. The van der Waals surface area contributed by atoms with Crippen molar-refractivity contribution in [3.8, 4) is 28.3 Å². The molecule has 2 aliphatic rings. The van der Waals surface area contributed by atoms with Crippen LogP contribution >= 0.6 is 24.0 Å². The van der Waals surface area contributed by atoms with Crippen molar-refractivity contribution in [2.45, 2.75) is 37.8 Å². The third-order valence-corrected chi connectivity index (χ3v) is 6.85. The highest BCUT2D eigenvalue weighted by atomic mass is 35.5. The monoisotopic (exact) mass is 489 g/mol. The number of benzene rings is 2. The Hall–Kier alpha value is -2.68. The molecule has 2 aromatic carbocycles. The van der Waals surface area contributed by atoms with Crippen molar-refractivity contribution in [3.63, 3.8) is 0 Å². The number of carboxylic acid groups (broad SMARTS) is 1. The average molecular weight is 490 g/mol.